The highest BCUT2D eigenvalue weighted by Gasteiger charge is 2.21. The largest absolute Gasteiger partial charge is 0.399 e. The summed E-state index contributed by atoms with van der Waals surface area (Å²) >= 11 is 4.35. The van der Waals surface area contributed by atoms with Crippen LogP contribution < -0.4 is 11.0 Å². The molecule has 0 saturated carbocycles. The molecule has 0 aliphatic rings. The summed E-state index contributed by atoms with van der Waals surface area (Å²) in [6, 6.07) is 7.39. The zero-order valence-electron chi connectivity index (χ0n) is 6.91. The second kappa shape index (κ2) is 4.98. The quantitative estimate of drug-likeness (QED) is 0.353. The normalized spacial score (nSPS) is 11.5. The van der Waals surface area contributed by atoms with Crippen LogP contribution in [0, 0.1) is 0 Å². The lowest BCUT2D eigenvalue weighted by Crippen LogP contribution is -2.07. The van der Waals surface area contributed by atoms with E-state index in [-0.39, 0.29) is 0 Å². The minimum atomic E-state index is -2.17. The van der Waals surface area contributed by atoms with Crippen LogP contribution in [0.15, 0.2) is 24.3 Å². The molecule has 5 heteroatoms. The third-order valence-electron chi connectivity index (χ3n) is 1.73. The van der Waals surface area contributed by atoms with Crippen molar-refractivity contribution in [1.29, 1.82) is 0 Å². The third kappa shape index (κ3) is 2.83. The van der Waals surface area contributed by atoms with E-state index in [0.717, 1.165) is 5.30 Å². The number of nitrogens with two attached hydrogens (primary N) is 1. The van der Waals surface area contributed by atoms with Crippen LogP contribution in [0.5, 0.6) is 0 Å². The number of benzene rings is 1. The summed E-state index contributed by atoms with van der Waals surface area (Å²) < 4.78 is 13.6. The highest BCUT2D eigenvalue weighted by Crippen LogP contribution is 2.48. The summed E-state index contributed by atoms with van der Waals surface area (Å²) in [4.78, 5) is 0. The second-order valence-electron chi connectivity index (χ2n) is 2.72. The van der Waals surface area contributed by atoms with Gasteiger partial charge in [-0.25, -0.2) is 0 Å². The third-order valence-corrected chi connectivity index (χ3v) is 10.3. The molecule has 0 aliphatic carbocycles. The van der Waals surface area contributed by atoms with Crippen LogP contribution >= 0.6 is 52.3 Å². The van der Waals surface area contributed by atoms with Gasteiger partial charge in [0.15, 0.2) is 0 Å². The minimum Gasteiger partial charge on any atom is -0.399 e. The number of halogens is 2. The monoisotopic (exact) mass is 421 g/mol. The molecule has 1 aromatic rings. The van der Waals surface area contributed by atoms with Gasteiger partial charge in [0.05, 0.1) is 8.34 Å². The van der Waals surface area contributed by atoms with Gasteiger partial charge in [-0.15, -0.1) is 0 Å². The fourth-order valence-corrected chi connectivity index (χ4v) is 8.61. The summed E-state index contributed by atoms with van der Waals surface area (Å²) in [5.41, 5.74) is 6.33. The topological polar surface area (TPSA) is 43.1 Å². The van der Waals surface area contributed by atoms with Crippen molar-refractivity contribution in [2.75, 3.05) is 14.1 Å². The van der Waals surface area contributed by atoms with Crippen molar-refractivity contribution in [3.05, 3.63) is 24.3 Å². The summed E-state index contributed by atoms with van der Waals surface area (Å²) in [6.07, 6.45) is 0. The van der Waals surface area contributed by atoms with Crippen LogP contribution in [0.2, 0.25) is 0 Å². The number of nitrogen functional groups attached to an aromatic ring is 1. The summed E-state index contributed by atoms with van der Waals surface area (Å²) in [7, 11) is -2.17. The van der Waals surface area contributed by atoms with E-state index in [1.165, 1.54) is 0 Å². The molecule has 2 N–H and O–H groups in total. The van der Waals surface area contributed by atoms with Gasteiger partial charge in [0.25, 0.3) is 0 Å². The predicted molar refractivity (Wildman–Crippen MR) is 75.9 cm³/mol. The molecule has 1 aromatic carbocycles. The molecule has 2 nitrogen and oxygen atoms in total. The SMILES string of the molecule is Nc1cccc(P(=O)(CI)CI)c1. The van der Waals surface area contributed by atoms with Crippen LogP contribution in [0.25, 0.3) is 0 Å². The van der Waals surface area contributed by atoms with E-state index < -0.39 is 7.14 Å². The van der Waals surface area contributed by atoms with Gasteiger partial charge in [0, 0.05) is 11.0 Å². The van der Waals surface area contributed by atoms with E-state index >= 15 is 0 Å². The molecule has 0 amide bonds. The van der Waals surface area contributed by atoms with Gasteiger partial charge in [-0.1, -0.05) is 57.3 Å². The molecule has 0 saturated heterocycles. The van der Waals surface area contributed by atoms with Crippen LogP contribution in [0.4, 0.5) is 5.69 Å². The smallest absolute Gasteiger partial charge is 0.134 e. The fraction of sp³-hybridized carbons (Fsp3) is 0.250. The molecule has 0 fully saturated rings. The number of alkyl halides is 2. The number of anilines is 1. The van der Waals surface area contributed by atoms with Crippen LogP contribution in [0.3, 0.4) is 0 Å². The fourth-order valence-electron chi connectivity index (χ4n) is 0.948. The Hall–Kier alpha value is 0.710. The molecule has 13 heavy (non-hydrogen) atoms. The maximum Gasteiger partial charge on any atom is 0.134 e. The first kappa shape index (κ1) is 11.8. The minimum absolute atomic E-state index is 0.678. The standard InChI is InChI=1S/C8H10I2NOP/c9-5-13(12,6-10)8-3-1-2-7(11)4-8/h1-4H,5-6,11H2. The molecule has 0 spiro atoms. The first-order valence-electron chi connectivity index (χ1n) is 3.68. The van der Waals surface area contributed by atoms with Crippen molar-refractivity contribution in [3.63, 3.8) is 0 Å². The summed E-state index contributed by atoms with van der Waals surface area (Å²) in [6.45, 7) is 0. The average Bonchev–Trinajstić information content (AvgIpc) is 2.17. The highest BCUT2D eigenvalue weighted by atomic mass is 127. The van der Waals surface area contributed by atoms with Crippen LogP contribution in [-0.4, -0.2) is 8.34 Å². The van der Waals surface area contributed by atoms with E-state index in [2.05, 4.69) is 45.2 Å². The van der Waals surface area contributed by atoms with Crippen molar-refractivity contribution >= 4 is 63.3 Å². The van der Waals surface area contributed by atoms with E-state index in [0.29, 0.717) is 14.0 Å². The summed E-state index contributed by atoms with van der Waals surface area (Å²) in [5.74, 6) is 0. The van der Waals surface area contributed by atoms with E-state index in [9.17, 15) is 4.57 Å². The lowest BCUT2D eigenvalue weighted by Gasteiger charge is -2.12. The first-order valence-corrected chi connectivity index (χ1v) is 8.81. The maximum absolute atomic E-state index is 12.2. The summed E-state index contributed by atoms with van der Waals surface area (Å²) in [5, 5.41) is 0.899. The van der Waals surface area contributed by atoms with Crippen molar-refractivity contribution in [1.82, 2.24) is 0 Å². The second-order valence-corrected chi connectivity index (χ2v) is 9.59. The van der Waals surface area contributed by atoms with Crippen molar-refractivity contribution in [2.45, 2.75) is 0 Å². The Balaban J connectivity index is 3.13. The van der Waals surface area contributed by atoms with Crippen molar-refractivity contribution in [2.24, 2.45) is 0 Å². The first-order chi connectivity index (χ1) is 6.12. The van der Waals surface area contributed by atoms with Crippen molar-refractivity contribution in [3.8, 4) is 0 Å². The Labute approximate surface area is 105 Å². The zero-order valence-corrected chi connectivity index (χ0v) is 12.1. The van der Waals surface area contributed by atoms with Gasteiger partial charge in [-0.05, 0) is 12.1 Å². The number of hydrogen-bond acceptors (Lipinski definition) is 2. The van der Waals surface area contributed by atoms with Gasteiger partial charge in [-0.3, -0.25) is 0 Å². The van der Waals surface area contributed by atoms with Crippen molar-refractivity contribution < 1.29 is 4.57 Å². The highest BCUT2D eigenvalue weighted by molar-refractivity contribution is 14.1. The van der Waals surface area contributed by atoms with Crippen LogP contribution in [-0.2, 0) is 4.57 Å². The Bertz CT molecular complexity index is 335. The van der Waals surface area contributed by atoms with Gasteiger partial charge in [0.1, 0.15) is 7.14 Å². The molecule has 0 aliphatic heterocycles. The Morgan fingerprint density at radius 2 is 1.92 bits per heavy atom. The van der Waals surface area contributed by atoms with E-state index in [1.807, 2.05) is 24.3 Å². The molecule has 0 heterocycles. The zero-order chi connectivity index (χ0) is 9.90. The van der Waals surface area contributed by atoms with E-state index in [4.69, 9.17) is 5.73 Å². The predicted octanol–water partition coefficient (Wildman–Crippen LogP) is 3.04. The lowest BCUT2D eigenvalue weighted by molar-refractivity contribution is 0.587. The number of rotatable bonds is 3. The van der Waals surface area contributed by atoms with Gasteiger partial charge >= 0.3 is 0 Å². The molecule has 0 radical (unpaired) electrons. The van der Waals surface area contributed by atoms with Gasteiger partial charge < -0.3 is 10.3 Å². The Kier molecular flexibility index (Phi) is 4.51. The maximum atomic E-state index is 12.2. The lowest BCUT2D eigenvalue weighted by atomic mass is 10.3. The Morgan fingerprint density at radius 3 is 2.38 bits per heavy atom. The molecule has 72 valence electrons. The number of hydrogen-bond donors (Lipinski definition) is 1. The molecule has 0 bridgehead atoms. The molecule has 0 atom stereocenters. The molecule has 0 aromatic heterocycles. The Morgan fingerprint density at radius 1 is 1.31 bits per heavy atom. The van der Waals surface area contributed by atoms with Crippen LogP contribution in [0.1, 0.15) is 0 Å². The molecular formula is C8H10I2NOP. The van der Waals surface area contributed by atoms with Gasteiger partial charge in [-0.2, -0.15) is 0 Å². The average molecular weight is 421 g/mol. The van der Waals surface area contributed by atoms with Gasteiger partial charge in [0.2, 0.25) is 0 Å². The molecule has 0 unspecified atom stereocenters. The molecular weight excluding hydrogens is 411 g/mol. The molecule has 1 rings (SSSR count). The van der Waals surface area contributed by atoms with E-state index in [1.54, 1.807) is 0 Å².